The number of aromatic nitrogens is 1. The van der Waals surface area contributed by atoms with Gasteiger partial charge in [-0.25, -0.2) is 5.48 Å². The molecule has 1 aliphatic rings. The normalized spacial score (nSPS) is 13.9. The predicted octanol–water partition coefficient (Wildman–Crippen LogP) is 3.86. The molecule has 0 atom stereocenters. The van der Waals surface area contributed by atoms with Crippen molar-refractivity contribution in [2.24, 2.45) is 5.92 Å². The summed E-state index contributed by atoms with van der Waals surface area (Å²) in [7, 11) is 0. The number of benzene rings is 1. The maximum Gasteiger partial charge on any atom is 0.276 e. The van der Waals surface area contributed by atoms with Crippen LogP contribution >= 0.6 is 11.6 Å². The molecule has 2 aromatic rings. The average Bonchev–Trinajstić information content (AvgIpc) is 3.36. The lowest BCUT2D eigenvalue weighted by molar-refractivity contribution is 0.0290. The quantitative estimate of drug-likeness (QED) is 0.650. The zero-order valence-corrected chi connectivity index (χ0v) is 12.8. The summed E-state index contributed by atoms with van der Waals surface area (Å²) in [6, 6.07) is 9.20. The number of amides is 1. The van der Waals surface area contributed by atoms with Gasteiger partial charge in [-0.3, -0.25) is 14.6 Å². The summed E-state index contributed by atoms with van der Waals surface area (Å²) in [5, 5.41) is 0.676. The molecule has 0 radical (unpaired) electrons. The van der Waals surface area contributed by atoms with Gasteiger partial charge in [0.1, 0.15) is 0 Å². The van der Waals surface area contributed by atoms with Gasteiger partial charge in [0.25, 0.3) is 5.91 Å². The van der Waals surface area contributed by atoms with E-state index in [2.05, 4.69) is 10.5 Å². The third-order valence-corrected chi connectivity index (χ3v) is 3.92. The molecule has 0 bridgehead atoms. The van der Waals surface area contributed by atoms with Crippen molar-refractivity contribution < 1.29 is 9.63 Å². The summed E-state index contributed by atoms with van der Waals surface area (Å²) >= 11 is 5.88. The van der Waals surface area contributed by atoms with E-state index in [0.29, 0.717) is 17.2 Å². The van der Waals surface area contributed by atoms with Gasteiger partial charge in [0, 0.05) is 23.0 Å². The molecule has 1 aromatic carbocycles. The fourth-order valence-corrected chi connectivity index (χ4v) is 2.30. The first-order valence-corrected chi connectivity index (χ1v) is 7.73. The molecule has 1 heterocycles. The number of rotatable bonds is 6. The minimum Gasteiger partial charge on any atom is -0.273 e. The molecule has 1 fully saturated rings. The third kappa shape index (κ3) is 4.06. The van der Waals surface area contributed by atoms with E-state index in [1.807, 2.05) is 24.3 Å². The van der Waals surface area contributed by atoms with Crippen LogP contribution in [0.5, 0.6) is 0 Å². The van der Waals surface area contributed by atoms with Crippen molar-refractivity contribution in [2.75, 3.05) is 6.61 Å². The van der Waals surface area contributed by atoms with Crippen molar-refractivity contribution in [1.82, 2.24) is 10.5 Å². The molecule has 0 unspecified atom stereocenters. The Morgan fingerprint density at radius 2 is 2.00 bits per heavy atom. The van der Waals surface area contributed by atoms with E-state index in [9.17, 15) is 4.79 Å². The van der Waals surface area contributed by atoms with Crippen molar-refractivity contribution in [1.29, 1.82) is 0 Å². The van der Waals surface area contributed by atoms with Crippen LogP contribution in [0, 0.1) is 5.92 Å². The second-order valence-corrected chi connectivity index (χ2v) is 5.92. The zero-order valence-electron chi connectivity index (χ0n) is 12.1. The number of carbonyl (C=O) groups is 1. The number of nitrogens with one attached hydrogen (secondary N) is 1. The van der Waals surface area contributed by atoms with Gasteiger partial charge >= 0.3 is 0 Å². The summed E-state index contributed by atoms with van der Waals surface area (Å²) in [6.45, 7) is 0.556. The van der Waals surface area contributed by atoms with Crippen molar-refractivity contribution in [3.05, 3.63) is 53.3 Å². The number of halogens is 1. The van der Waals surface area contributed by atoms with E-state index in [1.54, 1.807) is 12.3 Å². The Morgan fingerprint density at radius 3 is 2.73 bits per heavy atom. The molecule has 5 heteroatoms. The summed E-state index contributed by atoms with van der Waals surface area (Å²) in [5.74, 6) is 0.505. The second-order valence-electron chi connectivity index (χ2n) is 5.48. The fourth-order valence-electron chi connectivity index (χ4n) is 2.17. The van der Waals surface area contributed by atoms with Gasteiger partial charge in [-0.05, 0) is 36.1 Å². The second kappa shape index (κ2) is 6.90. The highest BCUT2D eigenvalue weighted by Crippen LogP contribution is 2.31. The van der Waals surface area contributed by atoms with Crippen molar-refractivity contribution in [3.63, 3.8) is 0 Å². The molecule has 0 saturated heterocycles. The molecule has 1 N–H and O–H groups in total. The molecule has 22 heavy (non-hydrogen) atoms. The van der Waals surface area contributed by atoms with Crippen LogP contribution in [0.25, 0.3) is 11.1 Å². The van der Waals surface area contributed by atoms with Crippen LogP contribution in [0.2, 0.25) is 5.02 Å². The Morgan fingerprint density at radius 1 is 1.23 bits per heavy atom. The van der Waals surface area contributed by atoms with Gasteiger partial charge in [0.05, 0.1) is 12.2 Å². The molecule has 1 saturated carbocycles. The van der Waals surface area contributed by atoms with Crippen molar-refractivity contribution in [2.45, 2.75) is 19.3 Å². The summed E-state index contributed by atoms with van der Waals surface area (Å²) < 4.78 is 0. The Kier molecular flexibility index (Phi) is 4.71. The SMILES string of the molecule is O=C(NOCCC1CC1)c1cncc(-c2ccc(Cl)cc2)c1. The van der Waals surface area contributed by atoms with Crippen molar-refractivity contribution >= 4 is 17.5 Å². The Labute approximate surface area is 134 Å². The standard InChI is InChI=1S/C17H17ClN2O2/c18-16-5-3-13(4-6-16)14-9-15(11-19-10-14)17(21)20-22-8-7-12-1-2-12/h3-6,9-12H,1-2,7-8H2,(H,20,21). The van der Waals surface area contributed by atoms with Gasteiger partial charge in [-0.15, -0.1) is 0 Å². The van der Waals surface area contributed by atoms with Gasteiger partial charge in [0.15, 0.2) is 0 Å². The van der Waals surface area contributed by atoms with E-state index < -0.39 is 0 Å². The first-order valence-electron chi connectivity index (χ1n) is 7.35. The molecular formula is C17H17ClN2O2. The Balaban J connectivity index is 1.62. The van der Waals surface area contributed by atoms with Gasteiger partial charge in [-0.2, -0.15) is 0 Å². The monoisotopic (exact) mass is 316 g/mol. The molecule has 1 aliphatic carbocycles. The molecular weight excluding hydrogens is 300 g/mol. The van der Waals surface area contributed by atoms with Crippen LogP contribution in [-0.4, -0.2) is 17.5 Å². The third-order valence-electron chi connectivity index (χ3n) is 3.67. The van der Waals surface area contributed by atoms with Crippen LogP contribution in [0.15, 0.2) is 42.7 Å². The highest BCUT2D eigenvalue weighted by atomic mass is 35.5. The minimum absolute atomic E-state index is 0.279. The van der Waals surface area contributed by atoms with Crippen LogP contribution in [0.3, 0.4) is 0 Å². The molecule has 1 amide bonds. The predicted molar refractivity (Wildman–Crippen MR) is 85.4 cm³/mol. The number of nitrogens with zero attached hydrogens (tertiary/aromatic N) is 1. The number of carbonyl (C=O) groups excluding carboxylic acids is 1. The van der Waals surface area contributed by atoms with Crippen LogP contribution < -0.4 is 5.48 Å². The molecule has 4 nitrogen and oxygen atoms in total. The van der Waals surface area contributed by atoms with Crippen LogP contribution in [-0.2, 0) is 4.84 Å². The molecule has 1 aromatic heterocycles. The molecule has 3 rings (SSSR count). The summed E-state index contributed by atoms with van der Waals surface area (Å²) in [4.78, 5) is 21.4. The molecule has 0 aliphatic heterocycles. The largest absolute Gasteiger partial charge is 0.276 e. The Bertz CT molecular complexity index is 654. The first-order chi connectivity index (χ1) is 10.7. The lowest BCUT2D eigenvalue weighted by Crippen LogP contribution is -2.24. The zero-order chi connectivity index (χ0) is 15.4. The lowest BCUT2D eigenvalue weighted by atomic mass is 10.1. The van der Waals surface area contributed by atoms with Gasteiger partial charge < -0.3 is 0 Å². The van der Waals surface area contributed by atoms with Crippen molar-refractivity contribution in [3.8, 4) is 11.1 Å². The number of hydrogen-bond acceptors (Lipinski definition) is 3. The lowest BCUT2D eigenvalue weighted by Gasteiger charge is -2.07. The summed E-state index contributed by atoms with van der Waals surface area (Å²) in [5.41, 5.74) is 4.76. The van der Waals surface area contributed by atoms with Crippen LogP contribution in [0.4, 0.5) is 0 Å². The minimum atomic E-state index is -0.279. The van der Waals surface area contributed by atoms with E-state index in [-0.39, 0.29) is 5.91 Å². The topological polar surface area (TPSA) is 51.2 Å². The van der Waals surface area contributed by atoms with E-state index >= 15 is 0 Å². The highest BCUT2D eigenvalue weighted by molar-refractivity contribution is 6.30. The highest BCUT2D eigenvalue weighted by Gasteiger charge is 2.20. The fraction of sp³-hybridized carbons (Fsp3) is 0.294. The number of hydrogen-bond donors (Lipinski definition) is 1. The average molecular weight is 317 g/mol. The van der Waals surface area contributed by atoms with Gasteiger partial charge in [0.2, 0.25) is 0 Å². The van der Waals surface area contributed by atoms with Crippen LogP contribution in [0.1, 0.15) is 29.6 Å². The summed E-state index contributed by atoms with van der Waals surface area (Å²) in [6.07, 6.45) is 6.81. The van der Waals surface area contributed by atoms with Gasteiger partial charge in [-0.1, -0.05) is 36.6 Å². The first kappa shape index (κ1) is 15.0. The maximum absolute atomic E-state index is 12.0. The molecule has 0 spiro atoms. The number of pyridine rings is 1. The smallest absolute Gasteiger partial charge is 0.273 e. The Hall–Kier alpha value is -1.91. The number of hydroxylamine groups is 1. The maximum atomic E-state index is 12.0. The van der Waals surface area contributed by atoms with E-state index in [1.165, 1.54) is 19.0 Å². The van der Waals surface area contributed by atoms with E-state index in [4.69, 9.17) is 16.4 Å². The van der Waals surface area contributed by atoms with E-state index in [0.717, 1.165) is 23.5 Å². The molecule has 114 valence electrons.